The van der Waals surface area contributed by atoms with Gasteiger partial charge in [-0.25, -0.2) is 0 Å². The van der Waals surface area contributed by atoms with Gasteiger partial charge in [0.25, 0.3) is 0 Å². The lowest BCUT2D eigenvalue weighted by Crippen LogP contribution is -2.34. The molecule has 0 aliphatic rings. The zero-order chi connectivity index (χ0) is 47.1. The Labute approximate surface area is 366 Å². The second-order valence-corrected chi connectivity index (χ2v) is 19.9. The van der Waals surface area contributed by atoms with E-state index in [2.05, 4.69) is 0 Å². The molecule has 0 aromatic rings. The van der Waals surface area contributed by atoms with Crippen molar-refractivity contribution < 1.29 is 71.4 Å². The van der Waals surface area contributed by atoms with E-state index in [-0.39, 0.29) is 74.6 Å². The number of rotatable bonds is 30. The van der Waals surface area contributed by atoms with E-state index in [1.54, 1.807) is 27.7 Å². The molecule has 0 heterocycles. The number of ether oxygens (including phenoxy) is 9. The molecule has 0 aliphatic carbocycles. The summed E-state index contributed by atoms with van der Waals surface area (Å²) >= 11 is 0. The van der Waals surface area contributed by atoms with Gasteiger partial charge < -0.3 is 42.6 Å². The van der Waals surface area contributed by atoms with Gasteiger partial charge in [-0.2, -0.15) is 0 Å². The summed E-state index contributed by atoms with van der Waals surface area (Å²) in [6.07, 6.45) is 0.955. The molecule has 0 rings (SSSR count). The molecule has 61 heavy (non-hydrogen) atoms. The molecule has 1 atom stereocenters. The predicted molar refractivity (Wildman–Crippen MR) is 229 cm³/mol. The van der Waals surface area contributed by atoms with Crippen LogP contribution in [0.25, 0.3) is 0 Å². The van der Waals surface area contributed by atoms with Crippen LogP contribution in [0.2, 0.25) is 0 Å². The molecular formula is C46H82O15. The highest BCUT2D eigenvalue weighted by molar-refractivity contribution is 5.74. The molecule has 356 valence electrons. The molecule has 0 aromatic heterocycles. The Morgan fingerprint density at radius 3 is 1.07 bits per heavy atom. The normalized spacial score (nSPS) is 13.6. The minimum absolute atomic E-state index is 0.0180. The maximum Gasteiger partial charge on any atom is 0.306 e. The number of esters is 6. The van der Waals surface area contributed by atoms with Gasteiger partial charge in [-0.05, 0) is 123 Å². The van der Waals surface area contributed by atoms with E-state index in [9.17, 15) is 28.8 Å². The quantitative estimate of drug-likeness (QED) is 0.0494. The monoisotopic (exact) mass is 875 g/mol. The van der Waals surface area contributed by atoms with E-state index in [1.165, 1.54) is 0 Å². The molecule has 0 fully saturated rings. The van der Waals surface area contributed by atoms with E-state index >= 15 is 0 Å². The summed E-state index contributed by atoms with van der Waals surface area (Å²) in [5.41, 5.74) is -3.18. The highest BCUT2D eigenvalue weighted by Gasteiger charge is 2.29. The van der Waals surface area contributed by atoms with Crippen LogP contribution in [0, 0.1) is 0 Å². The van der Waals surface area contributed by atoms with Crippen LogP contribution in [0.15, 0.2) is 0 Å². The summed E-state index contributed by atoms with van der Waals surface area (Å²) in [4.78, 5) is 75.8. The molecule has 15 nitrogen and oxygen atoms in total. The summed E-state index contributed by atoms with van der Waals surface area (Å²) in [5.74, 6) is -3.40. The first-order valence-electron chi connectivity index (χ1n) is 21.9. The van der Waals surface area contributed by atoms with Gasteiger partial charge >= 0.3 is 35.8 Å². The minimum atomic E-state index is -1.15. The molecule has 0 bridgehead atoms. The van der Waals surface area contributed by atoms with Crippen molar-refractivity contribution in [1.29, 1.82) is 0 Å². The van der Waals surface area contributed by atoms with Crippen LogP contribution in [0.4, 0.5) is 0 Å². The van der Waals surface area contributed by atoms with Crippen LogP contribution in [-0.2, 0) is 71.4 Å². The third-order valence-electron chi connectivity index (χ3n) is 8.98. The fourth-order valence-corrected chi connectivity index (χ4v) is 5.23. The molecule has 0 aliphatic heterocycles. The lowest BCUT2D eigenvalue weighted by atomic mass is 9.99. The Kier molecular flexibility index (Phi) is 25.6. The molecule has 0 amide bonds. The summed E-state index contributed by atoms with van der Waals surface area (Å²) in [6.45, 7) is 28.8. The van der Waals surface area contributed by atoms with Crippen LogP contribution < -0.4 is 0 Å². The Hall–Kier alpha value is -3.30. The number of carbonyl (C=O) groups excluding carboxylic acids is 6. The molecule has 0 aromatic carbocycles. The molecule has 1 unspecified atom stereocenters. The Bertz CT molecular complexity index is 1280. The molecule has 0 saturated carbocycles. The fourth-order valence-electron chi connectivity index (χ4n) is 5.23. The third kappa shape index (κ3) is 33.9. The molecule has 0 N–H and O–H groups in total. The lowest BCUT2D eigenvalue weighted by Gasteiger charge is -2.30. The largest absolute Gasteiger partial charge is 0.462 e. The van der Waals surface area contributed by atoms with Crippen molar-refractivity contribution >= 4 is 35.8 Å². The minimum Gasteiger partial charge on any atom is -0.462 e. The summed E-state index contributed by atoms with van der Waals surface area (Å²) in [7, 11) is 0. The Morgan fingerprint density at radius 1 is 0.410 bits per heavy atom. The Morgan fingerprint density at radius 2 is 0.721 bits per heavy atom. The first-order chi connectivity index (χ1) is 27.8. The first kappa shape index (κ1) is 57.7. The van der Waals surface area contributed by atoms with E-state index in [4.69, 9.17) is 42.6 Å². The fraction of sp³-hybridized carbons (Fsp3) is 0.870. The van der Waals surface area contributed by atoms with Crippen molar-refractivity contribution in [2.75, 3.05) is 33.0 Å². The number of carbonyl (C=O) groups is 6. The molecule has 0 saturated heterocycles. The number of hydrogen-bond donors (Lipinski definition) is 0. The van der Waals surface area contributed by atoms with Crippen molar-refractivity contribution in [3.63, 3.8) is 0 Å². The summed E-state index contributed by atoms with van der Waals surface area (Å²) < 4.78 is 50.3. The zero-order valence-corrected chi connectivity index (χ0v) is 40.4. The van der Waals surface area contributed by atoms with Gasteiger partial charge in [0.2, 0.25) is 0 Å². The summed E-state index contributed by atoms with van der Waals surface area (Å²) in [5, 5.41) is 0. The van der Waals surface area contributed by atoms with Crippen LogP contribution in [0.5, 0.6) is 0 Å². The van der Waals surface area contributed by atoms with Crippen molar-refractivity contribution in [3.8, 4) is 0 Å². The second-order valence-electron chi connectivity index (χ2n) is 19.9. The molecule has 0 radical (unpaired) electrons. The molecule has 0 spiro atoms. The maximum atomic E-state index is 12.9. The van der Waals surface area contributed by atoms with Gasteiger partial charge in [0, 0.05) is 57.8 Å². The zero-order valence-electron chi connectivity index (χ0n) is 40.4. The van der Waals surface area contributed by atoms with Crippen molar-refractivity contribution in [1.82, 2.24) is 0 Å². The average molecular weight is 875 g/mol. The van der Waals surface area contributed by atoms with Gasteiger partial charge in [-0.1, -0.05) is 6.92 Å². The highest BCUT2D eigenvalue weighted by Crippen LogP contribution is 2.24. The van der Waals surface area contributed by atoms with Crippen LogP contribution in [0.1, 0.15) is 187 Å². The first-order valence-corrected chi connectivity index (χ1v) is 21.9. The van der Waals surface area contributed by atoms with Crippen LogP contribution >= 0.6 is 0 Å². The van der Waals surface area contributed by atoms with Gasteiger partial charge in [-0.3, -0.25) is 28.8 Å². The van der Waals surface area contributed by atoms with Crippen molar-refractivity contribution in [2.45, 2.75) is 227 Å². The standard InChI is InChI=1S/C46H82O15/c1-16-46(15,28-31-57-43(8,9)10)61-40(52)25-19-22-37(49)58-34(32-53-35(47)20-17-23-38(50)59-44(11,12)26-29-55-41(2,3)4)33-54-36(48)21-18-24-39(51)60-45(13,14)27-30-56-42(5,6)7/h34H,16-33H2,1-15H3. The van der Waals surface area contributed by atoms with Gasteiger partial charge in [0.05, 0.1) is 36.6 Å². The van der Waals surface area contributed by atoms with E-state index in [0.29, 0.717) is 45.5 Å². The SMILES string of the molecule is CCC(C)(CCOC(C)(C)C)OC(=O)CCCC(=O)OC(COC(=O)CCCC(=O)OC(C)(C)CCOC(C)(C)C)COC(=O)CCCC(=O)OC(C)(C)CCOC(C)(C)C. The highest BCUT2D eigenvalue weighted by atomic mass is 16.6. The van der Waals surface area contributed by atoms with E-state index < -0.39 is 71.9 Å². The van der Waals surface area contributed by atoms with Gasteiger partial charge in [-0.15, -0.1) is 0 Å². The van der Waals surface area contributed by atoms with Crippen LogP contribution in [0.3, 0.4) is 0 Å². The van der Waals surface area contributed by atoms with Crippen molar-refractivity contribution in [3.05, 3.63) is 0 Å². The topological polar surface area (TPSA) is 185 Å². The van der Waals surface area contributed by atoms with E-state index in [1.807, 2.05) is 76.2 Å². The Balaban J connectivity index is 5.18. The lowest BCUT2D eigenvalue weighted by molar-refractivity contribution is -0.168. The van der Waals surface area contributed by atoms with Crippen LogP contribution in [-0.4, -0.2) is 109 Å². The average Bonchev–Trinajstić information content (AvgIpc) is 3.06. The molecule has 15 heteroatoms. The van der Waals surface area contributed by atoms with Crippen molar-refractivity contribution in [2.24, 2.45) is 0 Å². The third-order valence-corrected chi connectivity index (χ3v) is 8.98. The molecular weight excluding hydrogens is 792 g/mol. The smallest absolute Gasteiger partial charge is 0.306 e. The predicted octanol–water partition coefficient (Wildman–Crippen LogP) is 8.47. The summed E-state index contributed by atoms with van der Waals surface area (Å²) in [6, 6.07) is 0. The van der Waals surface area contributed by atoms with Gasteiger partial charge in [0.15, 0.2) is 6.10 Å². The van der Waals surface area contributed by atoms with E-state index in [0.717, 1.165) is 0 Å². The maximum absolute atomic E-state index is 12.9. The number of hydrogen-bond acceptors (Lipinski definition) is 15. The second kappa shape index (κ2) is 27.0. The van der Waals surface area contributed by atoms with Gasteiger partial charge in [0.1, 0.15) is 30.0 Å².